The van der Waals surface area contributed by atoms with Gasteiger partial charge in [-0.1, -0.05) is 37.3 Å². The minimum atomic E-state index is -0.316. The SMILES string of the molecule is CC(Cc1nc2ccc(F)cn2c1N)c1ccccc1. The first-order valence-electron chi connectivity index (χ1n) is 6.62. The van der Waals surface area contributed by atoms with E-state index in [2.05, 4.69) is 24.0 Å². The van der Waals surface area contributed by atoms with Crippen LogP contribution in [0.2, 0.25) is 0 Å². The minimum Gasteiger partial charge on any atom is -0.383 e. The lowest BCUT2D eigenvalue weighted by Gasteiger charge is -2.10. The van der Waals surface area contributed by atoms with Crippen LogP contribution in [-0.4, -0.2) is 9.38 Å². The molecule has 20 heavy (non-hydrogen) atoms. The second kappa shape index (κ2) is 4.96. The van der Waals surface area contributed by atoms with Gasteiger partial charge in [0.2, 0.25) is 0 Å². The molecule has 3 rings (SSSR count). The Hall–Kier alpha value is -2.36. The molecule has 2 N–H and O–H groups in total. The number of anilines is 1. The van der Waals surface area contributed by atoms with Gasteiger partial charge in [0, 0.05) is 12.6 Å². The Morgan fingerprint density at radius 2 is 1.95 bits per heavy atom. The van der Waals surface area contributed by atoms with E-state index in [1.54, 1.807) is 10.5 Å². The smallest absolute Gasteiger partial charge is 0.140 e. The minimum absolute atomic E-state index is 0.313. The van der Waals surface area contributed by atoms with Crippen molar-refractivity contribution in [1.29, 1.82) is 0 Å². The maximum Gasteiger partial charge on any atom is 0.140 e. The monoisotopic (exact) mass is 269 g/mol. The third-order valence-electron chi connectivity index (χ3n) is 3.56. The summed E-state index contributed by atoms with van der Waals surface area (Å²) in [6, 6.07) is 13.3. The summed E-state index contributed by atoms with van der Waals surface area (Å²) in [6.07, 6.45) is 2.10. The fraction of sp³-hybridized carbons (Fsp3) is 0.188. The molecule has 0 radical (unpaired) electrons. The number of halogens is 1. The normalized spacial score (nSPS) is 12.7. The molecule has 0 saturated carbocycles. The highest BCUT2D eigenvalue weighted by molar-refractivity contribution is 5.53. The number of nitrogens with zero attached hydrogens (tertiary/aromatic N) is 2. The van der Waals surface area contributed by atoms with Crippen molar-refractivity contribution < 1.29 is 4.39 Å². The van der Waals surface area contributed by atoms with Crippen molar-refractivity contribution in [1.82, 2.24) is 9.38 Å². The quantitative estimate of drug-likeness (QED) is 0.792. The fourth-order valence-corrected chi connectivity index (χ4v) is 2.43. The molecule has 1 aromatic carbocycles. The van der Waals surface area contributed by atoms with Crippen LogP contribution in [-0.2, 0) is 6.42 Å². The summed E-state index contributed by atoms with van der Waals surface area (Å²) in [5, 5.41) is 0. The lowest BCUT2D eigenvalue weighted by Crippen LogP contribution is -2.02. The lowest BCUT2D eigenvalue weighted by atomic mass is 9.96. The zero-order chi connectivity index (χ0) is 14.1. The van der Waals surface area contributed by atoms with Gasteiger partial charge in [0.1, 0.15) is 17.3 Å². The second-order valence-corrected chi connectivity index (χ2v) is 5.04. The van der Waals surface area contributed by atoms with Crippen molar-refractivity contribution >= 4 is 11.5 Å². The van der Waals surface area contributed by atoms with E-state index in [4.69, 9.17) is 5.73 Å². The van der Waals surface area contributed by atoms with Crippen LogP contribution in [0.1, 0.15) is 24.1 Å². The average Bonchev–Trinajstić information content (AvgIpc) is 2.76. The largest absolute Gasteiger partial charge is 0.383 e. The predicted octanol–water partition coefficient (Wildman–Crippen LogP) is 3.40. The third-order valence-corrected chi connectivity index (χ3v) is 3.56. The van der Waals surface area contributed by atoms with Crippen molar-refractivity contribution in [3.63, 3.8) is 0 Å². The van der Waals surface area contributed by atoms with E-state index in [0.29, 0.717) is 17.4 Å². The van der Waals surface area contributed by atoms with Gasteiger partial charge in [0.15, 0.2) is 0 Å². The molecule has 2 aromatic heterocycles. The summed E-state index contributed by atoms with van der Waals surface area (Å²) in [5.41, 5.74) is 8.81. The van der Waals surface area contributed by atoms with E-state index in [1.165, 1.54) is 17.8 Å². The molecule has 102 valence electrons. The molecule has 3 nitrogen and oxygen atoms in total. The van der Waals surface area contributed by atoms with E-state index >= 15 is 0 Å². The molecule has 0 aliphatic rings. The molecular weight excluding hydrogens is 253 g/mol. The Labute approximate surface area is 116 Å². The number of fused-ring (bicyclic) bond motifs is 1. The molecule has 3 aromatic rings. The van der Waals surface area contributed by atoms with Crippen LogP contribution >= 0.6 is 0 Å². The van der Waals surface area contributed by atoms with Crippen molar-refractivity contribution in [2.24, 2.45) is 0 Å². The molecule has 1 unspecified atom stereocenters. The molecule has 4 heteroatoms. The van der Waals surface area contributed by atoms with Gasteiger partial charge >= 0.3 is 0 Å². The number of hydrogen-bond acceptors (Lipinski definition) is 2. The van der Waals surface area contributed by atoms with Crippen LogP contribution in [0.25, 0.3) is 5.65 Å². The molecule has 0 amide bonds. The molecule has 0 spiro atoms. The van der Waals surface area contributed by atoms with Gasteiger partial charge in [-0.3, -0.25) is 4.40 Å². The summed E-state index contributed by atoms with van der Waals surface area (Å²) < 4.78 is 14.8. The first-order valence-corrected chi connectivity index (χ1v) is 6.62. The van der Waals surface area contributed by atoms with Crippen molar-refractivity contribution in [3.05, 3.63) is 65.7 Å². The van der Waals surface area contributed by atoms with E-state index in [9.17, 15) is 4.39 Å². The molecular formula is C16H16FN3. The van der Waals surface area contributed by atoms with Crippen LogP contribution in [0, 0.1) is 5.82 Å². The van der Waals surface area contributed by atoms with Crippen LogP contribution in [0.4, 0.5) is 10.2 Å². The van der Waals surface area contributed by atoms with Crippen molar-refractivity contribution in [3.8, 4) is 0 Å². The zero-order valence-electron chi connectivity index (χ0n) is 11.3. The van der Waals surface area contributed by atoms with Crippen LogP contribution in [0.15, 0.2) is 48.7 Å². The number of hydrogen-bond donors (Lipinski definition) is 1. The molecule has 0 fully saturated rings. The van der Waals surface area contributed by atoms with E-state index in [1.807, 2.05) is 18.2 Å². The number of imidazole rings is 1. The van der Waals surface area contributed by atoms with E-state index < -0.39 is 0 Å². The fourth-order valence-electron chi connectivity index (χ4n) is 2.43. The second-order valence-electron chi connectivity index (χ2n) is 5.04. The topological polar surface area (TPSA) is 43.3 Å². The Morgan fingerprint density at radius 3 is 2.70 bits per heavy atom. The van der Waals surface area contributed by atoms with Gasteiger partial charge in [0.05, 0.1) is 5.69 Å². The van der Waals surface area contributed by atoms with E-state index in [0.717, 1.165) is 12.1 Å². The highest BCUT2D eigenvalue weighted by Crippen LogP contribution is 2.24. The van der Waals surface area contributed by atoms with Crippen LogP contribution in [0.3, 0.4) is 0 Å². The molecule has 2 heterocycles. The van der Waals surface area contributed by atoms with Gasteiger partial charge in [-0.25, -0.2) is 9.37 Å². The first-order chi connectivity index (χ1) is 9.65. The Balaban J connectivity index is 1.93. The summed E-state index contributed by atoms with van der Waals surface area (Å²) >= 11 is 0. The van der Waals surface area contributed by atoms with Crippen molar-refractivity contribution in [2.45, 2.75) is 19.3 Å². The molecule has 0 aliphatic heterocycles. The predicted molar refractivity (Wildman–Crippen MR) is 78.1 cm³/mol. The van der Waals surface area contributed by atoms with Gasteiger partial charge in [-0.15, -0.1) is 0 Å². The Morgan fingerprint density at radius 1 is 1.20 bits per heavy atom. The third kappa shape index (κ3) is 2.25. The Kier molecular flexibility index (Phi) is 3.14. The number of pyridine rings is 1. The Bertz CT molecular complexity index is 734. The highest BCUT2D eigenvalue weighted by Gasteiger charge is 2.14. The standard InChI is InChI=1S/C16H16FN3/c1-11(12-5-3-2-4-6-12)9-14-16(18)20-10-13(17)7-8-15(20)19-14/h2-8,10-11H,9,18H2,1H3. The van der Waals surface area contributed by atoms with Crippen molar-refractivity contribution in [2.75, 3.05) is 5.73 Å². The number of nitrogens with two attached hydrogens (primary N) is 1. The maximum atomic E-state index is 13.2. The van der Waals surface area contributed by atoms with E-state index in [-0.39, 0.29) is 5.82 Å². The number of nitrogen functional groups attached to an aromatic ring is 1. The molecule has 1 atom stereocenters. The first kappa shape index (κ1) is 12.7. The number of benzene rings is 1. The maximum absolute atomic E-state index is 13.2. The summed E-state index contributed by atoms with van der Waals surface area (Å²) in [6.45, 7) is 2.14. The highest BCUT2D eigenvalue weighted by atomic mass is 19.1. The summed E-state index contributed by atoms with van der Waals surface area (Å²) in [4.78, 5) is 4.49. The number of aromatic nitrogens is 2. The van der Waals surface area contributed by atoms with Gasteiger partial charge < -0.3 is 5.73 Å². The zero-order valence-corrected chi connectivity index (χ0v) is 11.3. The lowest BCUT2D eigenvalue weighted by molar-refractivity contribution is 0.619. The number of rotatable bonds is 3. The van der Waals surface area contributed by atoms with Crippen LogP contribution in [0.5, 0.6) is 0 Å². The summed E-state index contributed by atoms with van der Waals surface area (Å²) in [5.74, 6) is 0.514. The van der Waals surface area contributed by atoms with Gasteiger partial charge in [0.25, 0.3) is 0 Å². The molecule has 0 saturated heterocycles. The summed E-state index contributed by atoms with van der Waals surface area (Å²) in [7, 11) is 0. The van der Waals surface area contributed by atoms with Gasteiger partial charge in [-0.05, 0) is 23.6 Å². The van der Waals surface area contributed by atoms with Crippen LogP contribution < -0.4 is 5.73 Å². The molecule has 0 aliphatic carbocycles. The van der Waals surface area contributed by atoms with Gasteiger partial charge in [-0.2, -0.15) is 0 Å². The average molecular weight is 269 g/mol. The molecule has 0 bridgehead atoms.